The first-order valence-electron chi connectivity index (χ1n) is 7.22. The number of rotatable bonds is 7. The van der Waals surface area contributed by atoms with Gasteiger partial charge in [0.2, 0.25) is 10.0 Å². The van der Waals surface area contributed by atoms with Crippen LogP contribution in [-0.4, -0.2) is 38.9 Å². The Hall–Kier alpha value is -2.65. The fraction of sp³-hybridized carbons (Fsp3) is 0.250. The van der Waals surface area contributed by atoms with Gasteiger partial charge in [-0.3, -0.25) is 10.1 Å². The van der Waals surface area contributed by atoms with Crippen molar-refractivity contribution in [1.82, 2.24) is 4.31 Å². The molecule has 0 bridgehead atoms. The lowest BCUT2D eigenvalue weighted by atomic mass is 10.1. The highest BCUT2D eigenvalue weighted by molar-refractivity contribution is 7.89. The molecule has 2 aromatic rings. The minimum atomic E-state index is -4.08. The molecule has 0 radical (unpaired) electrons. The van der Waals surface area contributed by atoms with E-state index in [9.17, 15) is 18.5 Å². The summed E-state index contributed by atoms with van der Waals surface area (Å²) in [6, 6.07) is 10.3. The van der Waals surface area contributed by atoms with Gasteiger partial charge in [0.05, 0.1) is 24.7 Å². The van der Waals surface area contributed by atoms with Gasteiger partial charge in [0.25, 0.3) is 5.69 Å². The SMILES string of the molecule is COc1cccc(OC)c1CN(C)S(=O)(=O)c1ccccc1[N+](=O)[O-]. The number of nitrogens with zero attached hydrogens (tertiary/aromatic N) is 2. The molecule has 0 unspecified atom stereocenters. The van der Waals surface area contributed by atoms with E-state index in [0.29, 0.717) is 17.1 Å². The second-order valence-corrected chi connectivity index (χ2v) is 7.14. The minimum absolute atomic E-state index is 0.0679. The average Bonchev–Trinajstić information content (AvgIpc) is 2.61. The maximum atomic E-state index is 12.8. The van der Waals surface area contributed by atoms with Crippen molar-refractivity contribution in [1.29, 1.82) is 0 Å². The highest BCUT2D eigenvalue weighted by atomic mass is 32.2. The van der Waals surface area contributed by atoms with Crippen molar-refractivity contribution in [2.24, 2.45) is 0 Å². The number of ether oxygens (including phenoxy) is 2. The maximum Gasteiger partial charge on any atom is 0.289 e. The van der Waals surface area contributed by atoms with E-state index in [1.807, 2.05) is 0 Å². The molecular formula is C16H18N2O6S. The first-order valence-corrected chi connectivity index (χ1v) is 8.66. The third kappa shape index (κ3) is 3.72. The topological polar surface area (TPSA) is 99.0 Å². The van der Waals surface area contributed by atoms with E-state index >= 15 is 0 Å². The lowest BCUT2D eigenvalue weighted by molar-refractivity contribution is -0.387. The quantitative estimate of drug-likeness (QED) is 0.551. The smallest absolute Gasteiger partial charge is 0.289 e. The summed E-state index contributed by atoms with van der Waals surface area (Å²) < 4.78 is 37.1. The van der Waals surface area contributed by atoms with Crippen LogP contribution in [0.1, 0.15) is 5.56 Å². The molecule has 0 spiro atoms. The normalized spacial score (nSPS) is 11.4. The van der Waals surface area contributed by atoms with Crippen molar-refractivity contribution >= 4 is 15.7 Å². The van der Waals surface area contributed by atoms with Crippen LogP contribution in [0.15, 0.2) is 47.4 Å². The van der Waals surface area contributed by atoms with Crippen LogP contribution in [0.5, 0.6) is 11.5 Å². The maximum absolute atomic E-state index is 12.8. The van der Waals surface area contributed by atoms with Crippen molar-refractivity contribution in [2.75, 3.05) is 21.3 Å². The Morgan fingerprint density at radius 2 is 1.60 bits per heavy atom. The van der Waals surface area contributed by atoms with Crippen LogP contribution in [0, 0.1) is 10.1 Å². The van der Waals surface area contributed by atoms with Gasteiger partial charge in [-0.1, -0.05) is 18.2 Å². The monoisotopic (exact) mass is 366 g/mol. The molecule has 9 heteroatoms. The fourth-order valence-corrected chi connectivity index (χ4v) is 3.68. The van der Waals surface area contributed by atoms with Crippen LogP contribution >= 0.6 is 0 Å². The van der Waals surface area contributed by atoms with Gasteiger partial charge in [0, 0.05) is 19.7 Å². The number of sulfonamides is 1. The Kier molecular flexibility index (Phi) is 5.60. The van der Waals surface area contributed by atoms with Crippen LogP contribution in [-0.2, 0) is 16.6 Å². The average molecular weight is 366 g/mol. The summed E-state index contributed by atoms with van der Waals surface area (Å²) in [4.78, 5) is 10.1. The first kappa shape index (κ1) is 18.7. The van der Waals surface area contributed by atoms with Crippen LogP contribution in [0.3, 0.4) is 0 Å². The Morgan fingerprint density at radius 1 is 1.04 bits per heavy atom. The lowest BCUT2D eigenvalue weighted by Gasteiger charge is -2.20. The molecular weight excluding hydrogens is 348 g/mol. The summed E-state index contributed by atoms with van der Waals surface area (Å²) in [7, 11) is 0.197. The molecule has 2 aromatic carbocycles. The van der Waals surface area contributed by atoms with E-state index in [1.54, 1.807) is 18.2 Å². The largest absolute Gasteiger partial charge is 0.496 e. The number of methoxy groups -OCH3 is 2. The number of nitro groups is 1. The molecule has 134 valence electrons. The van der Waals surface area contributed by atoms with E-state index < -0.39 is 20.6 Å². The molecule has 0 amide bonds. The summed E-state index contributed by atoms with van der Waals surface area (Å²) in [6.45, 7) is -0.0679. The highest BCUT2D eigenvalue weighted by Crippen LogP contribution is 2.32. The molecule has 0 fully saturated rings. The van der Waals surface area contributed by atoms with Gasteiger partial charge >= 0.3 is 0 Å². The van der Waals surface area contributed by atoms with Gasteiger partial charge in [-0.2, -0.15) is 4.31 Å². The molecule has 0 saturated carbocycles. The third-order valence-electron chi connectivity index (χ3n) is 3.66. The summed E-state index contributed by atoms with van der Waals surface area (Å²) in [5, 5.41) is 11.1. The van der Waals surface area contributed by atoms with E-state index in [-0.39, 0.29) is 11.4 Å². The fourth-order valence-electron chi connectivity index (χ4n) is 2.39. The van der Waals surface area contributed by atoms with Gasteiger partial charge in [0.15, 0.2) is 4.90 Å². The molecule has 8 nitrogen and oxygen atoms in total. The van der Waals surface area contributed by atoms with Crippen LogP contribution < -0.4 is 9.47 Å². The van der Waals surface area contributed by atoms with Crippen LogP contribution in [0.4, 0.5) is 5.69 Å². The zero-order valence-corrected chi connectivity index (χ0v) is 14.8. The standard InChI is InChI=1S/C16H18N2O6S/c1-17(11-12-14(23-2)8-6-9-15(12)24-3)25(21,22)16-10-5-4-7-13(16)18(19)20/h4-10H,11H2,1-3H3. The van der Waals surface area contributed by atoms with Gasteiger partial charge in [0.1, 0.15) is 11.5 Å². The second kappa shape index (κ2) is 7.49. The Bertz CT molecular complexity index is 860. The number of hydrogen-bond donors (Lipinski definition) is 0. The minimum Gasteiger partial charge on any atom is -0.496 e. The molecule has 25 heavy (non-hydrogen) atoms. The number of para-hydroxylation sites is 1. The van der Waals surface area contributed by atoms with E-state index in [1.165, 1.54) is 39.5 Å². The molecule has 0 aliphatic rings. The molecule has 0 atom stereocenters. The van der Waals surface area contributed by atoms with Gasteiger partial charge in [-0.05, 0) is 18.2 Å². The molecule has 2 rings (SSSR count). The number of nitro benzene ring substituents is 1. The number of hydrogen-bond acceptors (Lipinski definition) is 6. The molecule has 0 aromatic heterocycles. The predicted octanol–water partition coefficient (Wildman–Crippen LogP) is 2.43. The van der Waals surface area contributed by atoms with Crippen molar-refractivity contribution in [3.8, 4) is 11.5 Å². The predicted molar refractivity (Wildman–Crippen MR) is 91.3 cm³/mol. The molecule has 0 saturated heterocycles. The van der Waals surface area contributed by atoms with Gasteiger partial charge in [-0.25, -0.2) is 8.42 Å². The molecule has 0 N–H and O–H groups in total. The van der Waals surface area contributed by atoms with E-state index in [2.05, 4.69) is 0 Å². The number of benzene rings is 2. The van der Waals surface area contributed by atoms with E-state index in [4.69, 9.17) is 9.47 Å². The Balaban J connectivity index is 2.45. The van der Waals surface area contributed by atoms with Crippen molar-refractivity contribution in [3.63, 3.8) is 0 Å². The summed E-state index contributed by atoms with van der Waals surface area (Å²) in [5.74, 6) is 0.924. The van der Waals surface area contributed by atoms with Crippen LogP contribution in [0.25, 0.3) is 0 Å². The van der Waals surface area contributed by atoms with Crippen LogP contribution in [0.2, 0.25) is 0 Å². The second-order valence-electron chi connectivity index (χ2n) is 5.13. The lowest BCUT2D eigenvalue weighted by Crippen LogP contribution is -2.27. The van der Waals surface area contributed by atoms with Crippen molar-refractivity contribution in [3.05, 3.63) is 58.1 Å². The third-order valence-corrected chi connectivity index (χ3v) is 5.51. The summed E-state index contributed by atoms with van der Waals surface area (Å²) >= 11 is 0. The highest BCUT2D eigenvalue weighted by Gasteiger charge is 2.30. The molecule has 0 heterocycles. The molecule has 0 aliphatic heterocycles. The first-order chi connectivity index (χ1) is 11.8. The Labute approximate surface area is 145 Å². The Morgan fingerprint density at radius 3 is 2.12 bits per heavy atom. The van der Waals surface area contributed by atoms with Crippen molar-refractivity contribution < 1.29 is 22.8 Å². The summed E-state index contributed by atoms with van der Waals surface area (Å²) in [6.07, 6.45) is 0. The zero-order valence-electron chi connectivity index (χ0n) is 14.0. The van der Waals surface area contributed by atoms with Gasteiger partial charge < -0.3 is 9.47 Å². The summed E-state index contributed by atoms with van der Waals surface area (Å²) in [5.41, 5.74) is 0.0542. The van der Waals surface area contributed by atoms with E-state index in [0.717, 1.165) is 10.4 Å². The van der Waals surface area contributed by atoms with Gasteiger partial charge in [-0.15, -0.1) is 0 Å². The zero-order chi connectivity index (χ0) is 18.6. The van der Waals surface area contributed by atoms with Crippen molar-refractivity contribution in [2.45, 2.75) is 11.4 Å². The molecule has 0 aliphatic carbocycles.